The number of hydrogen-bond acceptors (Lipinski definition) is 2. The van der Waals surface area contributed by atoms with Crippen LogP contribution in [0, 0.1) is 12.8 Å². The van der Waals surface area contributed by atoms with Crippen LogP contribution >= 0.6 is 23.2 Å². The maximum absolute atomic E-state index is 12.8. The maximum atomic E-state index is 12.8. The van der Waals surface area contributed by atoms with Crippen molar-refractivity contribution in [2.75, 3.05) is 11.4 Å². The van der Waals surface area contributed by atoms with Gasteiger partial charge in [0.1, 0.15) is 10.2 Å². The summed E-state index contributed by atoms with van der Waals surface area (Å²) >= 11 is 12.6. The SMILES string of the molecule is Cc1cccc(N2C[C@H](c3nc4ccccc4n3C[C@@H]3CC3(Cl)Cl)CC2=O)c1. The van der Waals surface area contributed by atoms with Gasteiger partial charge in [0.05, 0.1) is 11.0 Å². The molecule has 1 saturated carbocycles. The molecule has 28 heavy (non-hydrogen) atoms. The number of carbonyl (C=O) groups is 1. The molecule has 2 heterocycles. The number of amides is 1. The Kier molecular flexibility index (Phi) is 4.18. The summed E-state index contributed by atoms with van der Waals surface area (Å²) in [6, 6.07) is 16.2. The fourth-order valence-corrected chi connectivity index (χ4v) is 4.72. The standard InChI is InChI=1S/C22H21Cl2N3O/c1-14-5-4-6-17(9-14)26-12-15(10-20(26)28)21-25-18-7-2-3-8-19(18)27(21)13-16-11-22(16,23)24/h2-9,15-16H,10-13H2,1H3/t15-,16+/m1/s1. The number of alkyl halides is 2. The molecule has 0 unspecified atom stereocenters. The highest BCUT2D eigenvalue weighted by molar-refractivity contribution is 6.50. The molecular formula is C22H21Cl2N3O. The number of aromatic nitrogens is 2. The molecule has 2 aliphatic rings. The van der Waals surface area contributed by atoms with Gasteiger partial charge >= 0.3 is 0 Å². The predicted molar refractivity (Wildman–Crippen MR) is 113 cm³/mol. The molecule has 1 aromatic heterocycles. The molecule has 3 aromatic rings. The highest BCUT2D eigenvalue weighted by atomic mass is 35.5. The van der Waals surface area contributed by atoms with Crippen molar-refractivity contribution < 1.29 is 4.79 Å². The second kappa shape index (κ2) is 6.50. The summed E-state index contributed by atoms with van der Waals surface area (Å²) in [5, 5.41) is 0. The predicted octanol–water partition coefficient (Wildman–Crippen LogP) is 5.06. The Morgan fingerprint density at radius 2 is 1.96 bits per heavy atom. The van der Waals surface area contributed by atoms with Crippen LogP contribution in [0.2, 0.25) is 0 Å². The van der Waals surface area contributed by atoms with Crippen molar-refractivity contribution in [3.63, 3.8) is 0 Å². The van der Waals surface area contributed by atoms with Gasteiger partial charge in [-0.2, -0.15) is 0 Å². The molecule has 144 valence electrons. The van der Waals surface area contributed by atoms with Gasteiger partial charge in [-0.1, -0.05) is 24.3 Å². The minimum atomic E-state index is -0.637. The quantitative estimate of drug-likeness (QED) is 0.560. The second-order valence-corrected chi connectivity index (χ2v) is 9.52. The van der Waals surface area contributed by atoms with Gasteiger partial charge < -0.3 is 9.47 Å². The van der Waals surface area contributed by atoms with E-state index in [1.165, 1.54) is 0 Å². The number of imidazole rings is 1. The van der Waals surface area contributed by atoms with Crippen molar-refractivity contribution in [2.45, 2.75) is 36.6 Å². The van der Waals surface area contributed by atoms with Crippen LogP contribution in [-0.4, -0.2) is 26.3 Å². The minimum absolute atomic E-state index is 0.0548. The van der Waals surface area contributed by atoms with Crippen LogP contribution < -0.4 is 4.90 Å². The molecule has 1 amide bonds. The third-order valence-corrected chi connectivity index (χ3v) is 6.77. The highest BCUT2D eigenvalue weighted by Crippen LogP contribution is 2.54. The molecule has 0 radical (unpaired) electrons. The van der Waals surface area contributed by atoms with Gasteiger partial charge in [0.25, 0.3) is 0 Å². The molecule has 1 aliphatic carbocycles. The zero-order chi connectivity index (χ0) is 19.5. The van der Waals surface area contributed by atoms with E-state index >= 15 is 0 Å². The van der Waals surface area contributed by atoms with Gasteiger partial charge in [-0.15, -0.1) is 23.2 Å². The van der Waals surface area contributed by atoms with E-state index in [1.54, 1.807) is 0 Å². The van der Waals surface area contributed by atoms with Gasteiger partial charge in [0.2, 0.25) is 5.91 Å². The van der Waals surface area contributed by atoms with E-state index in [-0.39, 0.29) is 17.7 Å². The first kappa shape index (κ1) is 18.0. The van der Waals surface area contributed by atoms with Crippen molar-refractivity contribution in [1.29, 1.82) is 0 Å². The molecule has 1 saturated heterocycles. The first-order valence-electron chi connectivity index (χ1n) is 9.62. The summed E-state index contributed by atoms with van der Waals surface area (Å²) < 4.78 is 1.59. The number of para-hydroxylation sites is 2. The lowest BCUT2D eigenvalue weighted by atomic mass is 10.1. The van der Waals surface area contributed by atoms with Crippen LogP contribution in [0.3, 0.4) is 0 Å². The van der Waals surface area contributed by atoms with Crippen LogP contribution in [0.5, 0.6) is 0 Å². The third kappa shape index (κ3) is 3.09. The number of anilines is 1. The fraction of sp³-hybridized carbons (Fsp3) is 0.364. The second-order valence-electron chi connectivity index (χ2n) is 7.98. The molecule has 2 fully saturated rings. The summed E-state index contributed by atoms with van der Waals surface area (Å²) in [7, 11) is 0. The van der Waals surface area contributed by atoms with Gasteiger partial charge in [0, 0.05) is 37.0 Å². The zero-order valence-electron chi connectivity index (χ0n) is 15.6. The summed E-state index contributed by atoms with van der Waals surface area (Å²) in [6.07, 6.45) is 1.26. The minimum Gasteiger partial charge on any atom is -0.327 e. The van der Waals surface area contributed by atoms with E-state index in [2.05, 4.69) is 16.7 Å². The number of carbonyl (C=O) groups excluding carboxylic acids is 1. The maximum Gasteiger partial charge on any atom is 0.227 e. The Bertz CT molecular complexity index is 1070. The molecule has 2 atom stereocenters. The lowest BCUT2D eigenvalue weighted by Crippen LogP contribution is -2.24. The summed E-state index contributed by atoms with van der Waals surface area (Å²) in [4.78, 5) is 19.6. The molecule has 2 aromatic carbocycles. The molecule has 6 heteroatoms. The zero-order valence-corrected chi connectivity index (χ0v) is 17.1. The van der Waals surface area contributed by atoms with E-state index < -0.39 is 4.33 Å². The van der Waals surface area contributed by atoms with Crippen LogP contribution in [0.1, 0.15) is 30.1 Å². The lowest BCUT2D eigenvalue weighted by molar-refractivity contribution is -0.117. The Balaban J connectivity index is 1.50. The van der Waals surface area contributed by atoms with Gasteiger partial charge in [-0.25, -0.2) is 4.98 Å². The number of benzene rings is 2. The molecule has 0 bridgehead atoms. The van der Waals surface area contributed by atoms with Crippen LogP contribution in [0.15, 0.2) is 48.5 Å². The van der Waals surface area contributed by atoms with Crippen LogP contribution in [0.4, 0.5) is 5.69 Å². The highest BCUT2D eigenvalue weighted by Gasteiger charge is 2.52. The van der Waals surface area contributed by atoms with Crippen molar-refractivity contribution in [3.05, 3.63) is 59.9 Å². The molecule has 0 spiro atoms. The molecule has 4 nitrogen and oxygen atoms in total. The summed E-state index contributed by atoms with van der Waals surface area (Å²) in [6.45, 7) is 3.42. The van der Waals surface area contributed by atoms with E-state index in [1.807, 2.05) is 48.2 Å². The topological polar surface area (TPSA) is 38.1 Å². The molecule has 1 aliphatic heterocycles. The smallest absolute Gasteiger partial charge is 0.227 e. The Morgan fingerprint density at radius 1 is 1.18 bits per heavy atom. The Morgan fingerprint density at radius 3 is 2.71 bits per heavy atom. The first-order chi connectivity index (χ1) is 13.4. The summed E-state index contributed by atoms with van der Waals surface area (Å²) in [5.74, 6) is 1.38. The Labute approximate surface area is 174 Å². The average Bonchev–Trinajstić information content (AvgIpc) is 2.98. The molecule has 5 rings (SSSR count). The number of nitrogens with zero attached hydrogens (tertiary/aromatic N) is 3. The van der Waals surface area contributed by atoms with Gasteiger partial charge in [-0.3, -0.25) is 4.79 Å². The number of halogens is 2. The molecular weight excluding hydrogens is 393 g/mol. The van der Waals surface area contributed by atoms with Gasteiger partial charge in [0.15, 0.2) is 0 Å². The third-order valence-electron chi connectivity index (χ3n) is 5.85. The first-order valence-corrected chi connectivity index (χ1v) is 10.4. The van der Waals surface area contributed by atoms with Crippen molar-refractivity contribution in [3.8, 4) is 0 Å². The normalized spacial score (nSPS) is 23.5. The fourth-order valence-electron chi connectivity index (χ4n) is 4.21. The Hall–Kier alpha value is -2.04. The lowest BCUT2D eigenvalue weighted by Gasteiger charge is -2.18. The van der Waals surface area contributed by atoms with Gasteiger partial charge in [-0.05, 0) is 43.2 Å². The number of hydrogen-bond donors (Lipinski definition) is 0. The van der Waals surface area contributed by atoms with Crippen molar-refractivity contribution in [2.24, 2.45) is 5.92 Å². The van der Waals surface area contributed by atoms with E-state index in [4.69, 9.17) is 28.2 Å². The van der Waals surface area contributed by atoms with Crippen LogP contribution in [0.25, 0.3) is 11.0 Å². The largest absolute Gasteiger partial charge is 0.327 e. The number of fused-ring (bicyclic) bond motifs is 1. The van der Waals surface area contributed by atoms with E-state index in [9.17, 15) is 4.79 Å². The number of aryl methyl sites for hydroxylation is 1. The molecule has 0 N–H and O–H groups in total. The number of rotatable bonds is 4. The van der Waals surface area contributed by atoms with Crippen LogP contribution in [-0.2, 0) is 11.3 Å². The van der Waals surface area contributed by atoms with E-state index in [0.29, 0.717) is 13.0 Å². The van der Waals surface area contributed by atoms with Crippen molar-refractivity contribution in [1.82, 2.24) is 9.55 Å². The average molecular weight is 414 g/mol. The van der Waals surface area contributed by atoms with Crippen molar-refractivity contribution >= 4 is 45.8 Å². The van der Waals surface area contributed by atoms with E-state index in [0.717, 1.165) is 41.1 Å². The monoisotopic (exact) mass is 413 g/mol. The summed E-state index contributed by atoms with van der Waals surface area (Å²) in [5.41, 5.74) is 4.14.